The molecule has 1 saturated carbocycles. The van der Waals surface area contributed by atoms with Gasteiger partial charge in [0.15, 0.2) is 0 Å². The molecule has 0 bridgehead atoms. The van der Waals surface area contributed by atoms with Gasteiger partial charge in [-0.2, -0.15) is 0 Å². The summed E-state index contributed by atoms with van der Waals surface area (Å²) in [5.41, 5.74) is 2.47. The van der Waals surface area contributed by atoms with Crippen LogP contribution in [0.25, 0.3) is 0 Å². The van der Waals surface area contributed by atoms with Gasteiger partial charge in [0.25, 0.3) is 0 Å². The van der Waals surface area contributed by atoms with E-state index < -0.39 is 0 Å². The molecular formula is C17H26BrNO. The standard InChI is InChI=1S/C17H26BrNO/c1-13-11-16(12-14(2)17(13)18)20-10-6-9-19-15-7-4-3-5-8-15/h11-12,15,19H,3-10H2,1-2H3. The predicted molar refractivity (Wildman–Crippen MR) is 88.6 cm³/mol. The molecule has 1 aromatic carbocycles. The van der Waals surface area contributed by atoms with Crippen LogP contribution in [-0.4, -0.2) is 19.2 Å². The maximum Gasteiger partial charge on any atom is 0.119 e. The van der Waals surface area contributed by atoms with Gasteiger partial charge >= 0.3 is 0 Å². The Morgan fingerprint density at radius 2 is 1.80 bits per heavy atom. The van der Waals surface area contributed by atoms with Crippen molar-refractivity contribution in [1.29, 1.82) is 0 Å². The molecular weight excluding hydrogens is 314 g/mol. The van der Waals surface area contributed by atoms with Crippen LogP contribution in [0.4, 0.5) is 0 Å². The van der Waals surface area contributed by atoms with Gasteiger partial charge in [-0.3, -0.25) is 0 Å². The molecule has 1 aliphatic rings. The van der Waals surface area contributed by atoms with Gasteiger partial charge in [0.05, 0.1) is 6.61 Å². The zero-order valence-electron chi connectivity index (χ0n) is 12.7. The molecule has 0 spiro atoms. The summed E-state index contributed by atoms with van der Waals surface area (Å²) in [6.07, 6.45) is 7.99. The number of rotatable bonds is 6. The molecule has 1 N–H and O–H groups in total. The Morgan fingerprint density at radius 3 is 2.45 bits per heavy atom. The van der Waals surface area contributed by atoms with Crippen LogP contribution in [0.3, 0.4) is 0 Å². The summed E-state index contributed by atoms with van der Waals surface area (Å²) < 4.78 is 7.04. The van der Waals surface area contributed by atoms with Gasteiger partial charge in [0.1, 0.15) is 5.75 Å². The topological polar surface area (TPSA) is 21.3 Å². The van der Waals surface area contributed by atoms with Crippen LogP contribution >= 0.6 is 15.9 Å². The van der Waals surface area contributed by atoms with Crippen LogP contribution in [0, 0.1) is 13.8 Å². The second kappa shape index (κ2) is 8.04. The van der Waals surface area contributed by atoms with Crippen molar-refractivity contribution in [1.82, 2.24) is 5.32 Å². The van der Waals surface area contributed by atoms with Crippen molar-refractivity contribution in [2.45, 2.75) is 58.4 Å². The number of ether oxygens (including phenoxy) is 1. The first kappa shape index (κ1) is 15.8. The summed E-state index contributed by atoms with van der Waals surface area (Å²) in [5.74, 6) is 0.987. The lowest BCUT2D eigenvalue weighted by molar-refractivity contribution is 0.296. The lowest BCUT2D eigenvalue weighted by atomic mass is 9.95. The summed E-state index contributed by atoms with van der Waals surface area (Å²) in [6, 6.07) is 4.96. The van der Waals surface area contributed by atoms with Crippen LogP contribution in [0.2, 0.25) is 0 Å². The predicted octanol–water partition coefficient (Wildman–Crippen LogP) is 4.76. The van der Waals surface area contributed by atoms with Gasteiger partial charge in [0, 0.05) is 10.5 Å². The zero-order valence-corrected chi connectivity index (χ0v) is 14.3. The fourth-order valence-electron chi connectivity index (χ4n) is 2.86. The first-order chi connectivity index (χ1) is 9.66. The third kappa shape index (κ3) is 4.78. The van der Waals surface area contributed by atoms with Gasteiger partial charge in [-0.15, -0.1) is 0 Å². The minimum absolute atomic E-state index is 0.751. The number of hydrogen-bond acceptors (Lipinski definition) is 2. The Morgan fingerprint density at radius 1 is 1.15 bits per heavy atom. The van der Waals surface area contributed by atoms with Crippen LogP contribution < -0.4 is 10.1 Å². The second-order valence-corrected chi connectivity index (χ2v) is 6.66. The number of nitrogens with one attached hydrogen (secondary N) is 1. The summed E-state index contributed by atoms with van der Waals surface area (Å²) in [4.78, 5) is 0. The van der Waals surface area contributed by atoms with E-state index in [4.69, 9.17) is 4.74 Å². The SMILES string of the molecule is Cc1cc(OCCCNC2CCCCC2)cc(C)c1Br. The largest absolute Gasteiger partial charge is 0.494 e. The Bertz CT molecular complexity index is 404. The molecule has 0 aliphatic heterocycles. The molecule has 0 radical (unpaired) electrons. The monoisotopic (exact) mass is 339 g/mol. The molecule has 0 saturated heterocycles. The third-order valence-electron chi connectivity index (χ3n) is 4.04. The van der Waals surface area contributed by atoms with E-state index >= 15 is 0 Å². The Kier molecular flexibility index (Phi) is 6.37. The van der Waals surface area contributed by atoms with E-state index in [-0.39, 0.29) is 0 Å². The lowest BCUT2D eigenvalue weighted by Gasteiger charge is -2.22. The van der Waals surface area contributed by atoms with Crippen LogP contribution in [0.5, 0.6) is 5.75 Å². The van der Waals surface area contributed by atoms with E-state index in [0.29, 0.717) is 0 Å². The fourth-order valence-corrected chi connectivity index (χ4v) is 3.09. The van der Waals surface area contributed by atoms with Crippen molar-refractivity contribution in [3.8, 4) is 5.75 Å². The number of hydrogen-bond donors (Lipinski definition) is 1. The number of benzene rings is 1. The van der Waals surface area contributed by atoms with Gasteiger partial charge in [-0.05, 0) is 62.9 Å². The molecule has 20 heavy (non-hydrogen) atoms. The van der Waals surface area contributed by atoms with Crippen molar-refractivity contribution in [3.05, 3.63) is 27.7 Å². The highest BCUT2D eigenvalue weighted by atomic mass is 79.9. The molecule has 1 fully saturated rings. The first-order valence-corrected chi connectivity index (χ1v) is 8.59. The van der Waals surface area contributed by atoms with Gasteiger partial charge in [0.2, 0.25) is 0 Å². The Balaban J connectivity index is 1.65. The normalized spacial score (nSPS) is 16.4. The van der Waals surface area contributed by atoms with Crippen LogP contribution in [-0.2, 0) is 0 Å². The van der Waals surface area contributed by atoms with Crippen molar-refractivity contribution < 1.29 is 4.74 Å². The van der Waals surface area contributed by atoms with E-state index in [0.717, 1.165) is 31.4 Å². The average molecular weight is 340 g/mol. The third-order valence-corrected chi connectivity index (χ3v) is 5.29. The molecule has 0 heterocycles. The Labute approximate surface area is 131 Å². The summed E-state index contributed by atoms with van der Waals surface area (Å²) in [6.45, 7) is 6.07. The van der Waals surface area contributed by atoms with Crippen LogP contribution in [0.15, 0.2) is 16.6 Å². The highest BCUT2D eigenvalue weighted by molar-refractivity contribution is 9.10. The van der Waals surface area contributed by atoms with E-state index in [1.165, 1.54) is 47.7 Å². The second-order valence-electron chi connectivity index (χ2n) is 5.86. The molecule has 2 rings (SSSR count). The molecule has 3 heteroatoms. The van der Waals surface area contributed by atoms with E-state index in [1.54, 1.807) is 0 Å². The van der Waals surface area contributed by atoms with E-state index in [9.17, 15) is 0 Å². The van der Waals surface area contributed by atoms with E-state index in [2.05, 4.69) is 47.2 Å². The maximum absolute atomic E-state index is 5.85. The molecule has 1 aliphatic carbocycles. The van der Waals surface area contributed by atoms with Gasteiger partial charge in [-0.25, -0.2) is 0 Å². The van der Waals surface area contributed by atoms with Crippen molar-refractivity contribution in [3.63, 3.8) is 0 Å². The quantitative estimate of drug-likeness (QED) is 0.754. The first-order valence-electron chi connectivity index (χ1n) is 7.80. The zero-order chi connectivity index (χ0) is 14.4. The highest BCUT2D eigenvalue weighted by Crippen LogP contribution is 2.26. The molecule has 0 amide bonds. The van der Waals surface area contributed by atoms with Crippen molar-refractivity contribution in [2.24, 2.45) is 0 Å². The minimum atomic E-state index is 0.751. The van der Waals surface area contributed by atoms with Crippen molar-refractivity contribution in [2.75, 3.05) is 13.2 Å². The molecule has 1 aromatic rings. The molecule has 0 unspecified atom stereocenters. The Hall–Kier alpha value is -0.540. The molecule has 112 valence electrons. The minimum Gasteiger partial charge on any atom is -0.494 e. The summed E-state index contributed by atoms with van der Waals surface area (Å²) in [7, 11) is 0. The van der Waals surface area contributed by atoms with E-state index in [1.807, 2.05) is 0 Å². The molecule has 0 atom stereocenters. The molecule has 2 nitrogen and oxygen atoms in total. The van der Waals surface area contributed by atoms with Crippen molar-refractivity contribution >= 4 is 15.9 Å². The average Bonchev–Trinajstić information content (AvgIpc) is 2.45. The van der Waals surface area contributed by atoms with Gasteiger partial charge < -0.3 is 10.1 Å². The smallest absolute Gasteiger partial charge is 0.119 e. The molecule has 0 aromatic heterocycles. The number of aryl methyl sites for hydroxylation is 2. The number of halogens is 1. The maximum atomic E-state index is 5.85. The summed E-state index contributed by atoms with van der Waals surface area (Å²) in [5, 5.41) is 3.65. The van der Waals surface area contributed by atoms with Crippen LogP contribution in [0.1, 0.15) is 49.7 Å². The fraction of sp³-hybridized carbons (Fsp3) is 0.647. The highest BCUT2D eigenvalue weighted by Gasteiger charge is 2.11. The van der Waals surface area contributed by atoms with Gasteiger partial charge in [-0.1, -0.05) is 35.2 Å². The summed E-state index contributed by atoms with van der Waals surface area (Å²) >= 11 is 3.58. The lowest BCUT2D eigenvalue weighted by Crippen LogP contribution is -2.32.